The molecule has 19 heavy (non-hydrogen) atoms. The van der Waals surface area contributed by atoms with Gasteiger partial charge in [0.05, 0.1) is 11.6 Å². The number of rotatable bonds is 5. The molecule has 0 saturated heterocycles. The van der Waals surface area contributed by atoms with E-state index in [0.717, 1.165) is 11.1 Å². The highest BCUT2D eigenvalue weighted by Crippen LogP contribution is 2.30. The molecule has 1 aromatic rings. The van der Waals surface area contributed by atoms with Gasteiger partial charge in [0.1, 0.15) is 0 Å². The van der Waals surface area contributed by atoms with Gasteiger partial charge in [-0.2, -0.15) is 5.06 Å². The lowest BCUT2D eigenvalue weighted by Gasteiger charge is -2.38. The maximum absolute atomic E-state index is 10.5. The Labute approximate surface area is 117 Å². The monoisotopic (exact) mass is 259 g/mol. The summed E-state index contributed by atoms with van der Waals surface area (Å²) in [5, 5.41) is 12.0. The zero-order chi connectivity index (χ0) is 14.5. The first-order valence-electron chi connectivity index (χ1n) is 6.74. The fourth-order valence-corrected chi connectivity index (χ4v) is 1.98. The molecule has 0 radical (unpaired) electrons. The summed E-state index contributed by atoms with van der Waals surface area (Å²) in [7, 11) is 0. The summed E-state index contributed by atoms with van der Waals surface area (Å²) in [6.45, 7) is 10.1. The van der Waals surface area contributed by atoms with Crippen LogP contribution in [0, 0.1) is 0 Å². The smallest absolute Gasteiger partial charge is 0.0619 e. The standard InChI is InChI=1S/C17H25NO/c1-6-7-11-14(2)17(4,5)18(19)15(3)16-12-9-8-10-13-16/h6-13,15,19H,1-5H3. The molecule has 0 aliphatic rings. The molecule has 0 bridgehead atoms. The van der Waals surface area contributed by atoms with Gasteiger partial charge < -0.3 is 5.21 Å². The summed E-state index contributed by atoms with van der Waals surface area (Å²) in [6.07, 6.45) is 6.03. The molecule has 0 fully saturated rings. The Balaban J connectivity index is 2.95. The molecule has 1 rings (SSSR count). The molecule has 0 amide bonds. The van der Waals surface area contributed by atoms with Crippen molar-refractivity contribution in [3.63, 3.8) is 0 Å². The molecule has 2 heteroatoms. The van der Waals surface area contributed by atoms with Crippen LogP contribution in [-0.2, 0) is 0 Å². The summed E-state index contributed by atoms with van der Waals surface area (Å²) in [6, 6.07) is 10.00. The SMILES string of the molecule is CC=CC=C(C)C(C)(C)N(O)C(C)c1ccccc1. The minimum atomic E-state index is -0.408. The van der Waals surface area contributed by atoms with Gasteiger partial charge in [-0.15, -0.1) is 0 Å². The molecule has 0 spiro atoms. The van der Waals surface area contributed by atoms with E-state index in [1.165, 1.54) is 5.06 Å². The molecule has 0 aromatic heterocycles. The van der Waals surface area contributed by atoms with Crippen LogP contribution in [-0.4, -0.2) is 15.8 Å². The summed E-state index contributed by atoms with van der Waals surface area (Å²) < 4.78 is 0. The number of benzene rings is 1. The largest absolute Gasteiger partial charge is 0.313 e. The zero-order valence-electron chi connectivity index (χ0n) is 12.6. The van der Waals surface area contributed by atoms with Crippen molar-refractivity contribution in [2.24, 2.45) is 0 Å². The van der Waals surface area contributed by atoms with Gasteiger partial charge in [0.15, 0.2) is 0 Å². The first-order chi connectivity index (χ1) is 8.91. The van der Waals surface area contributed by atoms with E-state index in [1.54, 1.807) is 0 Å². The Hall–Kier alpha value is -1.38. The van der Waals surface area contributed by atoms with E-state index >= 15 is 0 Å². The normalized spacial score (nSPS) is 15.2. The Morgan fingerprint density at radius 2 is 1.84 bits per heavy atom. The fourth-order valence-electron chi connectivity index (χ4n) is 1.98. The van der Waals surface area contributed by atoms with E-state index in [9.17, 15) is 5.21 Å². The quantitative estimate of drug-likeness (QED) is 0.610. The van der Waals surface area contributed by atoms with Crippen LogP contribution in [0.15, 0.2) is 54.1 Å². The van der Waals surface area contributed by atoms with Crippen molar-refractivity contribution in [2.75, 3.05) is 0 Å². The molecule has 104 valence electrons. The summed E-state index contributed by atoms with van der Waals surface area (Å²) in [5.41, 5.74) is 1.82. The Kier molecular flexibility index (Phi) is 5.52. The van der Waals surface area contributed by atoms with E-state index in [0.29, 0.717) is 0 Å². The molecule has 0 saturated carbocycles. The maximum atomic E-state index is 10.5. The van der Waals surface area contributed by atoms with Gasteiger partial charge in [-0.1, -0.05) is 54.1 Å². The van der Waals surface area contributed by atoms with Crippen LogP contribution < -0.4 is 0 Å². The summed E-state index contributed by atoms with van der Waals surface area (Å²) >= 11 is 0. The van der Waals surface area contributed by atoms with Crippen LogP contribution in [0.4, 0.5) is 0 Å². The minimum Gasteiger partial charge on any atom is -0.313 e. The van der Waals surface area contributed by atoms with E-state index in [4.69, 9.17) is 0 Å². The highest BCUT2D eigenvalue weighted by Gasteiger charge is 2.31. The molecule has 1 aromatic carbocycles. The number of hydrogen-bond donors (Lipinski definition) is 1. The van der Waals surface area contributed by atoms with Crippen LogP contribution in [0.3, 0.4) is 0 Å². The van der Waals surface area contributed by atoms with Crippen molar-refractivity contribution in [2.45, 2.75) is 46.2 Å². The van der Waals surface area contributed by atoms with Gasteiger partial charge in [-0.25, -0.2) is 0 Å². The van der Waals surface area contributed by atoms with Gasteiger partial charge in [0.25, 0.3) is 0 Å². The maximum Gasteiger partial charge on any atom is 0.0619 e. The van der Waals surface area contributed by atoms with Gasteiger partial charge in [-0.05, 0) is 40.2 Å². The van der Waals surface area contributed by atoms with Gasteiger partial charge in [0.2, 0.25) is 0 Å². The van der Waals surface area contributed by atoms with Gasteiger partial charge in [-0.3, -0.25) is 0 Å². The molecular weight excluding hydrogens is 234 g/mol. The highest BCUT2D eigenvalue weighted by atomic mass is 16.5. The lowest BCUT2D eigenvalue weighted by Crippen LogP contribution is -2.44. The number of hydrogen-bond acceptors (Lipinski definition) is 2. The van der Waals surface area contributed by atoms with Gasteiger partial charge in [0, 0.05) is 0 Å². The van der Waals surface area contributed by atoms with E-state index in [-0.39, 0.29) is 6.04 Å². The van der Waals surface area contributed by atoms with Crippen molar-refractivity contribution in [3.05, 3.63) is 59.7 Å². The molecule has 1 unspecified atom stereocenters. The number of nitrogens with zero attached hydrogens (tertiary/aromatic N) is 1. The third-order valence-electron chi connectivity index (χ3n) is 3.73. The van der Waals surface area contributed by atoms with E-state index in [2.05, 4.69) is 0 Å². The number of hydroxylamine groups is 2. The van der Waals surface area contributed by atoms with Gasteiger partial charge >= 0.3 is 0 Å². The van der Waals surface area contributed by atoms with Crippen LogP contribution in [0.2, 0.25) is 0 Å². The Morgan fingerprint density at radius 3 is 2.37 bits per heavy atom. The second-order valence-corrected chi connectivity index (χ2v) is 5.37. The van der Waals surface area contributed by atoms with Crippen LogP contribution in [0.1, 0.15) is 46.2 Å². The molecule has 0 heterocycles. The van der Waals surface area contributed by atoms with Crippen LogP contribution in [0.25, 0.3) is 0 Å². The van der Waals surface area contributed by atoms with Crippen molar-refractivity contribution in [1.82, 2.24) is 5.06 Å². The predicted molar refractivity (Wildman–Crippen MR) is 81.1 cm³/mol. The van der Waals surface area contributed by atoms with Crippen LogP contribution >= 0.6 is 0 Å². The third kappa shape index (κ3) is 3.79. The Morgan fingerprint density at radius 1 is 1.26 bits per heavy atom. The third-order valence-corrected chi connectivity index (χ3v) is 3.73. The summed E-state index contributed by atoms with van der Waals surface area (Å²) in [5.74, 6) is 0. The fraction of sp³-hybridized carbons (Fsp3) is 0.412. The molecule has 0 aliphatic carbocycles. The molecular formula is C17H25NO. The first kappa shape index (κ1) is 15.7. The van der Waals surface area contributed by atoms with Crippen LogP contribution in [0.5, 0.6) is 0 Å². The predicted octanol–water partition coefficient (Wildman–Crippen LogP) is 4.74. The molecule has 1 N–H and O–H groups in total. The zero-order valence-corrected chi connectivity index (χ0v) is 12.6. The van der Waals surface area contributed by atoms with E-state index < -0.39 is 5.54 Å². The summed E-state index contributed by atoms with van der Waals surface area (Å²) in [4.78, 5) is 0. The molecule has 1 atom stereocenters. The van der Waals surface area contributed by atoms with Crippen molar-refractivity contribution in [3.8, 4) is 0 Å². The number of allylic oxidation sites excluding steroid dienone is 3. The average Bonchev–Trinajstić information content (AvgIpc) is 2.43. The molecule has 2 nitrogen and oxygen atoms in total. The van der Waals surface area contributed by atoms with E-state index in [1.807, 2.05) is 83.2 Å². The second-order valence-electron chi connectivity index (χ2n) is 5.37. The lowest BCUT2D eigenvalue weighted by atomic mass is 9.92. The molecule has 0 aliphatic heterocycles. The topological polar surface area (TPSA) is 23.5 Å². The van der Waals surface area contributed by atoms with Crippen molar-refractivity contribution in [1.29, 1.82) is 0 Å². The van der Waals surface area contributed by atoms with Crippen molar-refractivity contribution >= 4 is 0 Å². The van der Waals surface area contributed by atoms with Crippen molar-refractivity contribution < 1.29 is 5.21 Å². The average molecular weight is 259 g/mol. The lowest BCUT2D eigenvalue weighted by molar-refractivity contribution is -0.178. The second kappa shape index (κ2) is 6.69. The highest BCUT2D eigenvalue weighted by molar-refractivity contribution is 5.23. The first-order valence-corrected chi connectivity index (χ1v) is 6.74. The Bertz CT molecular complexity index is 446. The minimum absolute atomic E-state index is 0.0508.